The summed E-state index contributed by atoms with van der Waals surface area (Å²) in [5.41, 5.74) is 2.81. The number of benzene rings is 2. The molecule has 4 rings (SSSR count). The minimum Gasteiger partial charge on any atom is -0.455 e. The van der Waals surface area contributed by atoms with Crippen LogP contribution < -0.4 is 10.2 Å². The van der Waals surface area contributed by atoms with E-state index in [0.717, 1.165) is 35.4 Å². The van der Waals surface area contributed by atoms with Crippen LogP contribution in [0.4, 0.5) is 11.4 Å². The second-order valence-electron chi connectivity index (χ2n) is 8.22. The Kier molecular flexibility index (Phi) is 7.15. The van der Waals surface area contributed by atoms with Crippen molar-refractivity contribution < 1.29 is 19.1 Å². The van der Waals surface area contributed by atoms with E-state index in [-0.39, 0.29) is 18.4 Å². The Morgan fingerprint density at radius 2 is 1.75 bits per heavy atom. The second kappa shape index (κ2) is 10.2. The number of carbonyl (C=O) groups is 3. The predicted octanol–water partition coefficient (Wildman–Crippen LogP) is 4.29. The molecular weight excluding hydrogens is 424 g/mol. The number of rotatable bonds is 6. The first-order valence-corrected chi connectivity index (χ1v) is 12.3. The molecule has 1 N–H and O–H groups in total. The molecule has 2 aromatic carbocycles. The number of fused-ring (bicyclic) bond motifs is 1. The quantitative estimate of drug-likeness (QED) is 0.523. The molecule has 0 aromatic heterocycles. The van der Waals surface area contributed by atoms with Crippen molar-refractivity contribution >= 4 is 40.9 Å². The molecule has 1 fully saturated rings. The molecule has 1 saturated carbocycles. The Morgan fingerprint density at radius 3 is 2.56 bits per heavy atom. The SMILES string of the molecule is CSc1ccccc1NC(=O)COC(=O)C1CCCCC1C(=O)N1CCc2ccccc21. The van der Waals surface area contributed by atoms with Gasteiger partial charge in [0.1, 0.15) is 0 Å². The van der Waals surface area contributed by atoms with Gasteiger partial charge in [-0.25, -0.2) is 0 Å². The highest BCUT2D eigenvalue weighted by Gasteiger charge is 2.40. The Hall–Kier alpha value is -2.80. The fourth-order valence-corrected chi connectivity index (χ4v) is 5.21. The second-order valence-corrected chi connectivity index (χ2v) is 9.07. The van der Waals surface area contributed by atoms with Gasteiger partial charge in [-0.2, -0.15) is 0 Å². The zero-order chi connectivity index (χ0) is 22.5. The smallest absolute Gasteiger partial charge is 0.310 e. The first-order chi connectivity index (χ1) is 15.6. The van der Waals surface area contributed by atoms with E-state index in [1.807, 2.05) is 59.7 Å². The number of amides is 2. The molecule has 0 bridgehead atoms. The molecule has 0 saturated heterocycles. The number of nitrogens with one attached hydrogen (secondary N) is 1. The van der Waals surface area contributed by atoms with Gasteiger partial charge < -0.3 is 15.0 Å². The number of anilines is 2. The van der Waals surface area contributed by atoms with Crippen LogP contribution in [0, 0.1) is 11.8 Å². The zero-order valence-corrected chi connectivity index (χ0v) is 19.0. The molecule has 7 heteroatoms. The van der Waals surface area contributed by atoms with Gasteiger partial charge in [0, 0.05) is 17.1 Å². The summed E-state index contributed by atoms with van der Waals surface area (Å²) < 4.78 is 5.37. The normalized spacial score (nSPS) is 19.8. The third-order valence-electron chi connectivity index (χ3n) is 6.27. The number of ether oxygens (including phenoxy) is 1. The van der Waals surface area contributed by atoms with Crippen molar-refractivity contribution in [2.45, 2.75) is 37.0 Å². The van der Waals surface area contributed by atoms with Crippen molar-refractivity contribution in [3.8, 4) is 0 Å². The number of esters is 1. The van der Waals surface area contributed by atoms with Crippen molar-refractivity contribution in [2.75, 3.05) is 29.6 Å². The Bertz CT molecular complexity index is 1010. The monoisotopic (exact) mass is 452 g/mol. The summed E-state index contributed by atoms with van der Waals surface area (Å²) in [6, 6.07) is 15.4. The third kappa shape index (κ3) is 4.83. The fourth-order valence-electron chi connectivity index (χ4n) is 4.65. The average Bonchev–Trinajstić information content (AvgIpc) is 3.26. The van der Waals surface area contributed by atoms with Gasteiger partial charge in [0.15, 0.2) is 6.61 Å². The maximum atomic E-state index is 13.4. The first-order valence-electron chi connectivity index (χ1n) is 11.1. The van der Waals surface area contributed by atoms with E-state index < -0.39 is 17.8 Å². The number of nitrogens with zero attached hydrogens (tertiary/aromatic N) is 1. The summed E-state index contributed by atoms with van der Waals surface area (Å²) in [7, 11) is 0. The van der Waals surface area contributed by atoms with Crippen molar-refractivity contribution in [1.82, 2.24) is 0 Å². The molecule has 32 heavy (non-hydrogen) atoms. The third-order valence-corrected chi connectivity index (χ3v) is 7.06. The molecular formula is C25H28N2O4S. The maximum Gasteiger partial charge on any atom is 0.310 e. The standard InChI is InChI=1S/C25H28N2O4S/c1-32-22-13-7-5-11-20(22)26-23(28)16-31-25(30)19-10-4-3-9-18(19)24(29)27-15-14-17-8-2-6-12-21(17)27/h2,5-8,11-13,18-19H,3-4,9-10,14-16H2,1H3,(H,26,28). The van der Waals surface area contributed by atoms with Crippen LogP contribution in [0.1, 0.15) is 31.2 Å². The maximum absolute atomic E-state index is 13.4. The van der Waals surface area contributed by atoms with Crippen LogP contribution in [0.5, 0.6) is 0 Å². The molecule has 0 spiro atoms. The lowest BCUT2D eigenvalue weighted by atomic mass is 9.78. The lowest BCUT2D eigenvalue weighted by molar-refractivity contribution is -0.156. The Balaban J connectivity index is 1.38. The molecule has 1 aliphatic heterocycles. The number of hydrogen-bond donors (Lipinski definition) is 1. The number of hydrogen-bond acceptors (Lipinski definition) is 5. The largest absolute Gasteiger partial charge is 0.455 e. The highest BCUT2D eigenvalue weighted by Crippen LogP contribution is 2.36. The predicted molar refractivity (Wildman–Crippen MR) is 126 cm³/mol. The summed E-state index contributed by atoms with van der Waals surface area (Å²) in [4.78, 5) is 41.4. The summed E-state index contributed by atoms with van der Waals surface area (Å²) in [6.07, 6.45) is 5.85. The molecule has 6 nitrogen and oxygen atoms in total. The minimum atomic E-state index is -0.504. The lowest BCUT2D eigenvalue weighted by Gasteiger charge is -2.32. The van der Waals surface area contributed by atoms with Crippen LogP contribution in [-0.4, -0.2) is 37.2 Å². The van der Waals surface area contributed by atoms with Crippen LogP contribution >= 0.6 is 11.8 Å². The molecule has 2 atom stereocenters. The van der Waals surface area contributed by atoms with Crippen molar-refractivity contribution in [3.05, 3.63) is 54.1 Å². The molecule has 2 unspecified atom stereocenters. The van der Waals surface area contributed by atoms with E-state index in [1.54, 1.807) is 0 Å². The number of para-hydroxylation sites is 2. The van der Waals surface area contributed by atoms with E-state index in [2.05, 4.69) is 5.32 Å². The van der Waals surface area contributed by atoms with Crippen LogP contribution in [-0.2, 0) is 25.5 Å². The highest BCUT2D eigenvalue weighted by atomic mass is 32.2. The molecule has 2 aromatic rings. The Labute approximate surface area is 192 Å². The van der Waals surface area contributed by atoms with E-state index in [0.29, 0.717) is 25.1 Å². The minimum absolute atomic E-state index is 0.00468. The van der Waals surface area contributed by atoms with E-state index in [4.69, 9.17) is 4.74 Å². The fraction of sp³-hybridized carbons (Fsp3) is 0.400. The summed E-state index contributed by atoms with van der Waals surface area (Å²) in [5.74, 6) is -1.75. The van der Waals surface area contributed by atoms with E-state index in [1.165, 1.54) is 11.8 Å². The van der Waals surface area contributed by atoms with E-state index in [9.17, 15) is 14.4 Å². The van der Waals surface area contributed by atoms with Crippen molar-refractivity contribution in [3.63, 3.8) is 0 Å². The summed E-state index contributed by atoms with van der Waals surface area (Å²) in [5, 5.41) is 2.80. The first kappa shape index (κ1) is 22.4. The van der Waals surface area contributed by atoms with Gasteiger partial charge in [-0.1, -0.05) is 43.2 Å². The van der Waals surface area contributed by atoms with Crippen molar-refractivity contribution in [2.24, 2.45) is 11.8 Å². The van der Waals surface area contributed by atoms with Crippen molar-refractivity contribution in [1.29, 1.82) is 0 Å². The van der Waals surface area contributed by atoms with Gasteiger partial charge in [-0.3, -0.25) is 14.4 Å². The summed E-state index contributed by atoms with van der Waals surface area (Å²) in [6.45, 7) is 0.291. The average molecular weight is 453 g/mol. The van der Waals surface area contributed by atoms with Gasteiger partial charge in [0.25, 0.3) is 5.91 Å². The van der Waals surface area contributed by atoms with Crippen LogP contribution in [0.15, 0.2) is 53.4 Å². The van der Waals surface area contributed by atoms with Gasteiger partial charge in [-0.15, -0.1) is 11.8 Å². The van der Waals surface area contributed by atoms with Crippen LogP contribution in [0.2, 0.25) is 0 Å². The molecule has 1 heterocycles. The molecule has 2 aliphatic rings. The molecule has 168 valence electrons. The zero-order valence-electron chi connectivity index (χ0n) is 18.2. The summed E-state index contributed by atoms with van der Waals surface area (Å²) >= 11 is 1.53. The number of thioether (sulfide) groups is 1. The highest BCUT2D eigenvalue weighted by molar-refractivity contribution is 7.98. The Morgan fingerprint density at radius 1 is 1.03 bits per heavy atom. The van der Waals surface area contributed by atoms with Gasteiger partial charge in [0.05, 0.1) is 17.5 Å². The molecule has 0 radical (unpaired) electrons. The molecule has 2 amide bonds. The number of carbonyl (C=O) groups excluding carboxylic acids is 3. The lowest BCUT2D eigenvalue weighted by Crippen LogP contribution is -2.42. The van der Waals surface area contributed by atoms with Gasteiger partial charge in [0.2, 0.25) is 5.91 Å². The van der Waals surface area contributed by atoms with E-state index >= 15 is 0 Å². The topological polar surface area (TPSA) is 75.7 Å². The van der Waals surface area contributed by atoms with Gasteiger partial charge >= 0.3 is 5.97 Å². The molecule has 1 aliphatic carbocycles. The van der Waals surface area contributed by atoms with Crippen LogP contribution in [0.25, 0.3) is 0 Å². The van der Waals surface area contributed by atoms with Crippen LogP contribution in [0.3, 0.4) is 0 Å². The van der Waals surface area contributed by atoms with Gasteiger partial charge in [-0.05, 0) is 49.3 Å².